The highest BCUT2D eigenvalue weighted by Crippen LogP contribution is 2.36. The smallest absolute Gasteiger partial charge is 0.174 e. The molecule has 7 heteroatoms. The van der Waals surface area contributed by atoms with E-state index in [0.717, 1.165) is 10.0 Å². The molecular formula is C13H18BrNO4S. The summed E-state index contributed by atoms with van der Waals surface area (Å²) >= 11 is 3.44. The molecule has 0 radical (unpaired) electrons. The lowest BCUT2D eigenvalue weighted by atomic mass is 10.1. The Bertz CT molecular complexity index is 588. The second kappa shape index (κ2) is 6.32. The van der Waals surface area contributed by atoms with Crippen LogP contribution in [-0.4, -0.2) is 40.2 Å². The van der Waals surface area contributed by atoms with E-state index in [4.69, 9.17) is 9.47 Å². The summed E-state index contributed by atoms with van der Waals surface area (Å²) in [4.78, 5) is 0. The SMILES string of the molecule is COc1cc(CNC2CCS(=O)(=O)C2)cc(Br)c1OC. The van der Waals surface area contributed by atoms with Crippen LogP contribution in [0.3, 0.4) is 0 Å². The van der Waals surface area contributed by atoms with Gasteiger partial charge < -0.3 is 14.8 Å². The van der Waals surface area contributed by atoms with Gasteiger partial charge in [-0.05, 0) is 40.0 Å². The van der Waals surface area contributed by atoms with Crippen LogP contribution >= 0.6 is 15.9 Å². The van der Waals surface area contributed by atoms with Gasteiger partial charge in [-0.15, -0.1) is 0 Å². The summed E-state index contributed by atoms with van der Waals surface area (Å²) < 4.78 is 34.2. The molecule has 1 saturated heterocycles. The first-order chi connectivity index (χ1) is 9.45. The van der Waals surface area contributed by atoms with Crippen molar-refractivity contribution in [1.29, 1.82) is 0 Å². The normalized spacial score (nSPS) is 20.9. The lowest BCUT2D eigenvalue weighted by molar-refractivity contribution is 0.352. The maximum Gasteiger partial charge on any atom is 0.174 e. The summed E-state index contributed by atoms with van der Waals surface area (Å²) in [6.45, 7) is 0.596. The van der Waals surface area contributed by atoms with Crippen molar-refractivity contribution in [3.05, 3.63) is 22.2 Å². The van der Waals surface area contributed by atoms with Gasteiger partial charge in [-0.25, -0.2) is 8.42 Å². The maximum absolute atomic E-state index is 11.4. The van der Waals surface area contributed by atoms with Crippen LogP contribution in [0.5, 0.6) is 11.5 Å². The fourth-order valence-corrected chi connectivity index (χ4v) is 4.65. The quantitative estimate of drug-likeness (QED) is 0.862. The Balaban J connectivity index is 2.05. The zero-order valence-corrected chi connectivity index (χ0v) is 13.9. The molecule has 5 nitrogen and oxygen atoms in total. The van der Waals surface area contributed by atoms with Crippen LogP contribution in [0.2, 0.25) is 0 Å². The minimum atomic E-state index is -2.85. The lowest BCUT2D eigenvalue weighted by Gasteiger charge is -2.14. The number of sulfone groups is 1. The second-order valence-corrected chi connectivity index (χ2v) is 7.88. The van der Waals surface area contributed by atoms with Gasteiger partial charge in [0.1, 0.15) is 0 Å². The van der Waals surface area contributed by atoms with Gasteiger partial charge in [-0.3, -0.25) is 0 Å². The molecule has 0 bridgehead atoms. The molecule has 1 aromatic carbocycles. The van der Waals surface area contributed by atoms with Gasteiger partial charge in [0.05, 0.1) is 30.2 Å². The van der Waals surface area contributed by atoms with Crippen molar-refractivity contribution in [2.24, 2.45) is 0 Å². The summed E-state index contributed by atoms with van der Waals surface area (Å²) in [5.74, 6) is 1.80. The van der Waals surface area contributed by atoms with E-state index in [0.29, 0.717) is 24.5 Å². The molecule has 2 rings (SSSR count). The fourth-order valence-electron chi connectivity index (χ4n) is 2.29. The third-order valence-corrected chi connectivity index (χ3v) is 5.68. The third-order valence-electron chi connectivity index (χ3n) is 3.32. The van der Waals surface area contributed by atoms with E-state index in [-0.39, 0.29) is 17.5 Å². The summed E-state index contributed by atoms with van der Waals surface area (Å²) in [7, 11) is 0.328. The van der Waals surface area contributed by atoms with Gasteiger partial charge in [0.2, 0.25) is 0 Å². The second-order valence-electron chi connectivity index (χ2n) is 4.79. The van der Waals surface area contributed by atoms with E-state index in [1.54, 1.807) is 14.2 Å². The van der Waals surface area contributed by atoms with Crippen molar-refractivity contribution in [1.82, 2.24) is 5.32 Å². The molecule has 1 aliphatic heterocycles. The topological polar surface area (TPSA) is 64.6 Å². The Hall–Kier alpha value is -0.790. The van der Waals surface area contributed by atoms with Crippen LogP contribution in [0.25, 0.3) is 0 Å². The molecular weight excluding hydrogens is 346 g/mol. The van der Waals surface area contributed by atoms with Crippen LogP contribution in [0.1, 0.15) is 12.0 Å². The van der Waals surface area contributed by atoms with Crippen LogP contribution in [0.4, 0.5) is 0 Å². The Morgan fingerprint density at radius 2 is 2.10 bits per heavy atom. The monoisotopic (exact) mass is 363 g/mol. The van der Waals surface area contributed by atoms with Gasteiger partial charge >= 0.3 is 0 Å². The molecule has 1 N–H and O–H groups in total. The van der Waals surface area contributed by atoms with Crippen molar-refractivity contribution in [3.8, 4) is 11.5 Å². The van der Waals surface area contributed by atoms with E-state index < -0.39 is 9.84 Å². The molecule has 0 amide bonds. The Kier molecular flexibility index (Phi) is 4.93. The molecule has 0 aromatic heterocycles. The molecule has 0 spiro atoms. The molecule has 112 valence electrons. The van der Waals surface area contributed by atoms with Crippen LogP contribution in [0, 0.1) is 0 Å². The molecule has 1 atom stereocenters. The van der Waals surface area contributed by atoms with Crippen LogP contribution < -0.4 is 14.8 Å². The predicted octanol–water partition coefficient (Wildman–Crippen LogP) is 1.74. The molecule has 1 aromatic rings. The summed E-state index contributed by atoms with van der Waals surface area (Å²) in [6, 6.07) is 3.87. The minimum absolute atomic E-state index is 0.0341. The molecule has 0 saturated carbocycles. The third kappa shape index (κ3) is 3.65. The highest BCUT2D eigenvalue weighted by atomic mass is 79.9. The van der Waals surface area contributed by atoms with E-state index >= 15 is 0 Å². The zero-order chi connectivity index (χ0) is 14.8. The van der Waals surface area contributed by atoms with Gasteiger partial charge in [0, 0.05) is 12.6 Å². The van der Waals surface area contributed by atoms with Crippen molar-refractivity contribution in [2.45, 2.75) is 19.0 Å². The number of hydrogen-bond acceptors (Lipinski definition) is 5. The largest absolute Gasteiger partial charge is 0.493 e. The molecule has 1 fully saturated rings. The number of ether oxygens (including phenoxy) is 2. The lowest BCUT2D eigenvalue weighted by Crippen LogP contribution is -2.29. The fraction of sp³-hybridized carbons (Fsp3) is 0.538. The minimum Gasteiger partial charge on any atom is -0.493 e. The summed E-state index contributed by atoms with van der Waals surface area (Å²) in [6.07, 6.45) is 0.677. The number of halogens is 1. The van der Waals surface area contributed by atoms with Crippen molar-refractivity contribution in [3.63, 3.8) is 0 Å². The van der Waals surface area contributed by atoms with E-state index in [2.05, 4.69) is 21.2 Å². The number of nitrogens with one attached hydrogen (secondary N) is 1. The van der Waals surface area contributed by atoms with Crippen molar-refractivity contribution >= 4 is 25.8 Å². The average molecular weight is 364 g/mol. The Morgan fingerprint density at radius 3 is 2.65 bits per heavy atom. The highest BCUT2D eigenvalue weighted by molar-refractivity contribution is 9.10. The summed E-state index contributed by atoms with van der Waals surface area (Å²) in [5, 5.41) is 3.27. The van der Waals surface area contributed by atoms with Crippen LogP contribution in [-0.2, 0) is 16.4 Å². The van der Waals surface area contributed by atoms with Gasteiger partial charge in [-0.1, -0.05) is 0 Å². The number of methoxy groups -OCH3 is 2. The molecule has 1 heterocycles. The Labute approximate surface area is 127 Å². The van der Waals surface area contributed by atoms with Crippen molar-refractivity contribution < 1.29 is 17.9 Å². The standard InChI is InChI=1S/C13H18BrNO4S/c1-18-12-6-9(5-11(14)13(12)19-2)7-15-10-3-4-20(16,17)8-10/h5-6,10,15H,3-4,7-8H2,1-2H3. The molecule has 0 aliphatic carbocycles. The van der Waals surface area contributed by atoms with Gasteiger partial charge in [0.15, 0.2) is 21.3 Å². The highest BCUT2D eigenvalue weighted by Gasteiger charge is 2.27. The Morgan fingerprint density at radius 1 is 1.35 bits per heavy atom. The first kappa shape index (κ1) is 15.6. The maximum atomic E-state index is 11.4. The first-order valence-corrected chi connectivity index (χ1v) is 8.91. The number of benzene rings is 1. The zero-order valence-electron chi connectivity index (χ0n) is 11.5. The molecule has 1 aliphatic rings. The molecule has 20 heavy (non-hydrogen) atoms. The predicted molar refractivity (Wildman–Crippen MR) is 81.1 cm³/mol. The van der Waals surface area contributed by atoms with Crippen molar-refractivity contribution in [2.75, 3.05) is 25.7 Å². The van der Waals surface area contributed by atoms with E-state index in [1.807, 2.05) is 12.1 Å². The average Bonchev–Trinajstić information content (AvgIpc) is 2.75. The number of hydrogen-bond donors (Lipinski definition) is 1. The van der Waals surface area contributed by atoms with Gasteiger partial charge in [-0.2, -0.15) is 0 Å². The van der Waals surface area contributed by atoms with E-state index in [1.165, 1.54) is 0 Å². The van der Waals surface area contributed by atoms with Gasteiger partial charge in [0.25, 0.3) is 0 Å². The first-order valence-electron chi connectivity index (χ1n) is 6.29. The molecule has 1 unspecified atom stereocenters. The number of rotatable bonds is 5. The van der Waals surface area contributed by atoms with Crippen LogP contribution in [0.15, 0.2) is 16.6 Å². The summed E-state index contributed by atoms with van der Waals surface area (Å²) in [5.41, 5.74) is 1.01. The van der Waals surface area contributed by atoms with E-state index in [9.17, 15) is 8.42 Å².